The van der Waals surface area contributed by atoms with E-state index < -0.39 is 0 Å². The van der Waals surface area contributed by atoms with Crippen molar-refractivity contribution in [3.8, 4) is 11.3 Å². The number of nitrogens with zero attached hydrogens (tertiary/aromatic N) is 3. The fourth-order valence-corrected chi connectivity index (χ4v) is 3.20. The van der Waals surface area contributed by atoms with E-state index in [9.17, 15) is 9.18 Å². The first-order valence-corrected chi connectivity index (χ1v) is 10.5. The van der Waals surface area contributed by atoms with Gasteiger partial charge in [0.1, 0.15) is 18.0 Å². The van der Waals surface area contributed by atoms with Crippen molar-refractivity contribution in [3.63, 3.8) is 0 Å². The molecule has 6 nitrogen and oxygen atoms in total. The number of halogens is 1. The van der Waals surface area contributed by atoms with Crippen LogP contribution < -0.4 is 10.6 Å². The largest absolute Gasteiger partial charge is 0.352 e. The first-order chi connectivity index (χ1) is 15.1. The summed E-state index contributed by atoms with van der Waals surface area (Å²) in [5.41, 5.74) is 2.92. The average Bonchev–Trinajstić information content (AvgIpc) is 2.80. The minimum Gasteiger partial charge on any atom is -0.352 e. The Labute approximate surface area is 182 Å². The molecule has 2 N–H and O–H groups in total. The second-order valence-corrected chi connectivity index (χ2v) is 7.13. The fourth-order valence-electron chi connectivity index (χ4n) is 3.20. The van der Waals surface area contributed by atoms with Crippen molar-refractivity contribution in [2.45, 2.75) is 20.3 Å². The van der Waals surface area contributed by atoms with Crippen molar-refractivity contribution >= 4 is 17.4 Å². The minimum absolute atomic E-state index is 0.0771. The normalized spacial score (nSPS) is 10.8. The quantitative estimate of drug-likeness (QED) is 0.472. The van der Waals surface area contributed by atoms with Gasteiger partial charge in [0.25, 0.3) is 5.91 Å². The Balaban J connectivity index is 1.55. The molecule has 7 heteroatoms. The van der Waals surface area contributed by atoms with Gasteiger partial charge in [-0.1, -0.05) is 13.8 Å². The van der Waals surface area contributed by atoms with E-state index in [2.05, 4.69) is 39.3 Å². The van der Waals surface area contributed by atoms with E-state index in [1.807, 2.05) is 12.1 Å². The predicted molar refractivity (Wildman–Crippen MR) is 122 cm³/mol. The molecule has 3 aromatic rings. The van der Waals surface area contributed by atoms with Crippen molar-refractivity contribution in [3.05, 3.63) is 72.3 Å². The molecule has 0 saturated heterocycles. The SMILES string of the molecule is CCN(CC)CCCNC(=O)c1ccc(Nc2cc(-c3ccc(F)cc3)ncn2)cc1. The Bertz CT molecular complexity index is 972. The van der Waals surface area contributed by atoms with Crippen LogP contribution >= 0.6 is 0 Å². The number of nitrogens with one attached hydrogen (secondary N) is 2. The molecule has 0 aliphatic heterocycles. The molecule has 0 atom stereocenters. The van der Waals surface area contributed by atoms with Crippen LogP contribution in [0.2, 0.25) is 0 Å². The first kappa shape index (κ1) is 22.4. The van der Waals surface area contributed by atoms with Crippen molar-refractivity contribution in [1.29, 1.82) is 0 Å². The Kier molecular flexibility index (Phi) is 8.06. The smallest absolute Gasteiger partial charge is 0.251 e. The number of aromatic nitrogens is 2. The van der Waals surface area contributed by atoms with Gasteiger partial charge in [0, 0.05) is 29.4 Å². The van der Waals surface area contributed by atoms with E-state index in [0.29, 0.717) is 23.6 Å². The van der Waals surface area contributed by atoms with E-state index >= 15 is 0 Å². The van der Waals surface area contributed by atoms with Crippen LogP contribution in [0.5, 0.6) is 0 Å². The summed E-state index contributed by atoms with van der Waals surface area (Å²) in [5, 5.41) is 6.17. The number of carbonyl (C=O) groups excluding carboxylic acids is 1. The van der Waals surface area contributed by atoms with Gasteiger partial charge in [-0.05, 0) is 74.6 Å². The Hall–Kier alpha value is -3.32. The summed E-state index contributed by atoms with van der Waals surface area (Å²) in [5.74, 6) is 0.249. The molecule has 162 valence electrons. The van der Waals surface area contributed by atoms with Crippen LogP contribution in [-0.2, 0) is 0 Å². The van der Waals surface area contributed by atoms with Gasteiger partial charge in [-0.2, -0.15) is 0 Å². The van der Waals surface area contributed by atoms with Crippen molar-refractivity contribution in [1.82, 2.24) is 20.2 Å². The summed E-state index contributed by atoms with van der Waals surface area (Å²) >= 11 is 0. The van der Waals surface area contributed by atoms with Crippen LogP contribution in [0.15, 0.2) is 60.9 Å². The number of anilines is 2. The predicted octanol–water partition coefficient (Wildman–Crippen LogP) is 4.49. The molecule has 1 amide bonds. The highest BCUT2D eigenvalue weighted by atomic mass is 19.1. The summed E-state index contributed by atoms with van der Waals surface area (Å²) < 4.78 is 13.1. The second-order valence-electron chi connectivity index (χ2n) is 7.13. The molecule has 0 bridgehead atoms. The zero-order valence-electron chi connectivity index (χ0n) is 17.9. The van der Waals surface area contributed by atoms with Crippen LogP contribution in [-0.4, -0.2) is 47.0 Å². The topological polar surface area (TPSA) is 70.2 Å². The summed E-state index contributed by atoms with van der Waals surface area (Å²) in [4.78, 5) is 23.1. The van der Waals surface area contributed by atoms with Crippen LogP contribution in [0.25, 0.3) is 11.3 Å². The zero-order valence-corrected chi connectivity index (χ0v) is 17.9. The lowest BCUT2D eigenvalue weighted by molar-refractivity contribution is 0.0952. The molecule has 2 aromatic carbocycles. The molecule has 0 fully saturated rings. The lowest BCUT2D eigenvalue weighted by atomic mass is 10.1. The van der Waals surface area contributed by atoms with Gasteiger partial charge in [-0.3, -0.25) is 4.79 Å². The molecule has 1 aromatic heterocycles. The summed E-state index contributed by atoms with van der Waals surface area (Å²) in [6, 6.07) is 15.2. The number of rotatable bonds is 10. The van der Waals surface area contributed by atoms with Crippen LogP contribution in [0, 0.1) is 5.82 Å². The van der Waals surface area contributed by atoms with E-state index in [4.69, 9.17) is 0 Å². The standard InChI is InChI=1S/C24H28FN5O/c1-3-30(4-2)15-5-14-26-24(31)19-8-12-21(13-9-19)29-23-16-22(27-17-28-23)18-6-10-20(25)11-7-18/h6-13,16-17H,3-5,14-15H2,1-2H3,(H,26,31)(H,27,28,29). The molecule has 0 spiro atoms. The van der Waals surface area contributed by atoms with Crippen LogP contribution in [0.1, 0.15) is 30.6 Å². The van der Waals surface area contributed by atoms with Gasteiger partial charge < -0.3 is 15.5 Å². The average molecular weight is 422 g/mol. The number of benzene rings is 2. The summed E-state index contributed by atoms with van der Waals surface area (Å²) in [6.07, 6.45) is 2.39. The molecular weight excluding hydrogens is 393 g/mol. The molecular formula is C24H28FN5O. The van der Waals surface area contributed by atoms with Crippen molar-refractivity contribution in [2.24, 2.45) is 0 Å². The molecule has 0 aliphatic rings. The highest BCUT2D eigenvalue weighted by Gasteiger charge is 2.07. The van der Waals surface area contributed by atoms with Crippen molar-refractivity contribution in [2.75, 3.05) is 31.5 Å². The third-order valence-electron chi connectivity index (χ3n) is 5.06. The van der Waals surface area contributed by atoms with Gasteiger partial charge in [0.2, 0.25) is 0 Å². The summed E-state index contributed by atoms with van der Waals surface area (Å²) in [7, 11) is 0. The Morgan fingerprint density at radius 3 is 2.39 bits per heavy atom. The monoisotopic (exact) mass is 421 g/mol. The Morgan fingerprint density at radius 2 is 1.71 bits per heavy atom. The number of carbonyl (C=O) groups is 1. The third kappa shape index (κ3) is 6.58. The van der Waals surface area contributed by atoms with E-state index in [0.717, 1.165) is 37.3 Å². The van der Waals surface area contributed by atoms with Gasteiger partial charge >= 0.3 is 0 Å². The molecule has 3 rings (SSSR count). The van der Waals surface area contributed by atoms with E-state index in [1.54, 1.807) is 30.3 Å². The van der Waals surface area contributed by atoms with Crippen LogP contribution in [0.4, 0.5) is 15.9 Å². The van der Waals surface area contributed by atoms with E-state index in [1.165, 1.54) is 18.5 Å². The molecule has 1 heterocycles. The Morgan fingerprint density at radius 1 is 1.00 bits per heavy atom. The van der Waals surface area contributed by atoms with Crippen LogP contribution in [0.3, 0.4) is 0 Å². The lowest BCUT2D eigenvalue weighted by Gasteiger charge is -2.17. The first-order valence-electron chi connectivity index (χ1n) is 10.5. The summed E-state index contributed by atoms with van der Waals surface area (Å²) in [6.45, 7) is 7.97. The highest BCUT2D eigenvalue weighted by molar-refractivity contribution is 5.94. The molecule has 31 heavy (non-hydrogen) atoms. The number of amides is 1. The van der Waals surface area contributed by atoms with Gasteiger partial charge in [-0.25, -0.2) is 14.4 Å². The molecule has 0 saturated carbocycles. The van der Waals surface area contributed by atoms with E-state index in [-0.39, 0.29) is 11.7 Å². The van der Waals surface area contributed by atoms with Gasteiger partial charge in [0.05, 0.1) is 5.69 Å². The van der Waals surface area contributed by atoms with Gasteiger partial charge in [0.15, 0.2) is 0 Å². The number of hydrogen-bond donors (Lipinski definition) is 2. The maximum absolute atomic E-state index is 13.1. The maximum atomic E-state index is 13.1. The maximum Gasteiger partial charge on any atom is 0.251 e. The molecule has 0 aliphatic carbocycles. The third-order valence-corrected chi connectivity index (χ3v) is 5.06. The highest BCUT2D eigenvalue weighted by Crippen LogP contribution is 2.21. The number of hydrogen-bond acceptors (Lipinski definition) is 5. The fraction of sp³-hybridized carbons (Fsp3) is 0.292. The molecule has 0 radical (unpaired) electrons. The zero-order chi connectivity index (χ0) is 22.1. The minimum atomic E-state index is -0.288. The van der Waals surface area contributed by atoms with Crippen molar-refractivity contribution < 1.29 is 9.18 Å². The molecule has 0 unspecified atom stereocenters. The lowest BCUT2D eigenvalue weighted by Crippen LogP contribution is -2.29. The van der Waals surface area contributed by atoms with Gasteiger partial charge in [-0.15, -0.1) is 0 Å². The second kappa shape index (κ2) is 11.2.